The SMILES string of the molecule is CCCCCCCCCc1c(CCC)ccc(O)c1Oc1ccccc1. The van der Waals surface area contributed by atoms with Crippen LogP contribution in [0.5, 0.6) is 17.2 Å². The van der Waals surface area contributed by atoms with E-state index < -0.39 is 0 Å². The smallest absolute Gasteiger partial charge is 0.172 e. The molecule has 0 saturated heterocycles. The van der Waals surface area contributed by atoms with Gasteiger partial charge in [0.1, 0.15) is 5.75 Å². The van der Waals surface area contributed by atoms with Crippen LogP contribution in [0, 0.1) is 0 Å². The van der Waals surface area contributed by atoms with E-state index in [1.165, 1.54) is 49.7 Å². The van der Waals surface area contributed by atoms with Gasteiger partial charge in [-0.3, -0.25) is 0 Å². The molecule has 0 fully saturated rings. The second-order valence-electron chi connectivity index (χ2n) is 7.09. The maximum absolute atomic E-state index is 10.4. The summed E-state index contributed by atoms with van der Waals surface area (Å²) in [4.78, 5) is 0. The summed E-state index contributed by atoms with van der Waals surface area (Å²) >= 11 is 0. The molecule has 26 heavy (non-hydrogen) atoms. The minimum atomic E-state index is 0.242. The van der Waals surface area contributed by atoms with Crippen molar-refractivity contribution in [1.82, 2.24) is 0 Å². The largest absolute Gasteiger partial charge is 0.504 e. The molecule has 2 rings (SSSR count). The van der Waals surface area contributed by atoms with Gasteiger partial charge in [-0.05, 0) is 43.0 Å². The van der Waals surface area contributed by atoms with Gasteiger partial charge in [0, 0.05) is 5.56 Å². The fourth-order valence-corrected chi connectivity index (χ4v) is 3.41. The zero-order valence-corrected chi connectivity index (χ0v) is 16.5. The van der Waals surface area contributed by atoms with E-state index in [1.807, 2.05) is 30.3 Å². The zero-order valence-electron chi connectivity index (χ0n) is 16.5. The molecule has 0 unspecified atom stereocenters. The first-order valence-electron chi connectivity index (χ1n) is 10.3. The molecule has 2 heteroatoms. The number of phenolic OH excluding ortho intramolecular Hbond substituents is 1. The van der Waals surface area contributed by atoms with E-state index in [4.69, 9.17) is 4.74 Å². The van der Waals surface area contributed by atoms with Crippen LogP contribution in [-0.2, 0) is 12.8 Å². The lowest BCUT2D eigenvalue weighted by atomic mass is 9.96. The number of aromatic hydroxyl groups is 1. The predicted octanol–water partition coefficient (Wildman–Crippen LogP) is 7.43. The van der Waals surface area contributed by atoms with Crippen LogP contribution >= 0.6 is 0 Å². The summed E-state index contributed by atoms with van der Waals surface area (Å²) in [5, 5.41) is 10.4. The molecule has 2 aromatic rings. The Hall–Kier alpha value is -1.96. The monoisotopic (exact) mass is 354 g/mol. The van der Waals surface area contributed by atoms with E-state index in [2.05, 4.69) is 19.9 Å². The molecule has 142 valence electrons. The number of unbranched alkanes of at least 4 members (excludes halogenated alkanes) is 6. The van der Waals surface area contributed by atoms with Gasteiger partial charge in [0.2, 0.25) is 0 Å². The number of benzene rings is 2. The maximum atomic E-state index is 10.4. The molecule has 0 atom stereocenters. The average Bonchev–Trinajstić information content (AvgIpc) is 2.66. The van der Waals surface area contributed by atoms with Crippen LogP contribution in [0.3, 0.4) is 0 Å². The van der Waals surface area contributed by atoms with Crippen LogP contribution in [-0.4, -0.2) is 5.11 Å². The molecule has 0 bridgehead atoms. The Morgan fingerprint density at radius 1 is 0.731 bits per heavy atom. The molecule has 0 aliphatic carbocycles. The minimum Gasteiger partial charge on any atom is -0.504 e. The summed E-state index contributed by atoms with van der Waals surface area (Å²) in [5.41, 5.74) is 2.49. The maximum Gasteiger partial charge on any atom is 0.172 e. The van der Waals surface area contributed by atoms with Crippen molar-refractivity contribution >= 4 is 0 Å². The van der Waals surface area contributed by atoms with E-state index in [9.17, 15) is 5.11 Å². The van der Waals surface area contributed by atoms with Crippen molar-refractivity contribution in [2.45, 2.75) is 78.1 Å². The Balaban J connectivity index is 2.06. The van der Waals surface area contributed by atoms with Crippen molar-refractivity contribution in [2.24, 2.45) is 0 Å². The molecule has 0 spiro atoms. The molecule has 0 amide bonds. The molecule has 0 heterocycles. The Labute approximate surface area is 159 Å². The summed E-state index contributed by atoms with van der Waals surface area (Å²) in [7, 11) is 0. The first kappa shape index (κ1) is 20.4. The second-order valence-corrected chi connectivity index (χ2v) is 7.09. The summed E-state index contributed by atoms with van der Waals surface area (Å²) in [6.07, 6.45) is 12.1. The number of hydrogen-bond acceptors (Lipinski definition) is 2. The fraction of sp³-hybridized carbons (Fsp3) is 0.500. The quantitative estimate of drug-likeness (QED) is 0.402. The Morgan fingerprint density at radius 2 is 1.42 bits per heavy atom. The van der Waals surface area contributed by atoms with Gasteiger partial charge in [0.05, 0.1) is 0 Å². The average molecular weight is 355 g/mol. The van der Waals surface area contributed by atoms with E-state index in [0.717, 1.165) is 31.4 Å². The second kappa shape index (κ2) is 11.6. The van der Waals surface area contributed by atoms with Crippen molar-refractivity contribution < 1.29 is 9.84 Å². The molecular weight excluding hydrogens is 320 g/mol. The Morgan fingerprint density at radius 3 is 2.12 bits per heavy atom. The first-order valence-corrected chi connectivity index (χ1v) is 10.3. The third kappa shape index (κ3) is 6.40. The number of phenols is 1. The van der Waals surface area contributed by atoms with Crippen molar-refractivity contribution in [3.05, 3.63) is 53.6 Å². The van der Waals surface area contributed by atoms with Gasteiger partial charge in [0.15, 0.2) is 11.5 Å². The third-order valence-corrected chi connectivity index (χ3v) is 4.85. The molecular formula is C24H34O2. The number of ether oxygens (including phenoxy) is 1. The molecule has 0 aromatic heterocycles. The highest BCUT2D eigenvalue weighted by Crippen LogP contribution is 2.37. The molecule has 0 saturated carbocycles. The van der Waals surface area contributed by atoms with Crippen LogP contribution in [0.2, 0.25) is 0 Å². The van der Waals surface area contributed by atoms with Crippen LogP contribution in [0.15, 0.2) is 42.5 Å². The van der Waals surface area contributed by atoms with Gasteiger partial charge < -0.3 is 9.84 Å². The Bertz CT molecular complexity index is 634. The Kier molecular flexibility index (Phi) is 9.09. The molecule has 0 aliphatic heterocycles. The van der Waals surface area contributed by atoms with Crippen molar-refractivity contribution in [1.29, 1.82) is 0 Å². The van der Waals surface area contributed by atoms with Crippen molar-refractivity contribution in [2.75, 3.05) is 0 Å². The molecule has 0 radical (unpaired) electrons. The van der Waals surface area contributed by atoms with Gasteiger partial charge in [-0.2, -0.15) is 0 Å². The van der Waals surface area contributed by atoms with Gasteiger partial charge in [-0.1, -0.05) is 83.1 Å². The zero-order chi connectivity index (χ0) is 18.6. The first-order chi connectivity index (χ1) is 12.8. The number of rotatable bonds is 12. The summed E-state index contributed by atoms with van der Waals surface area (Å²) < 4.78 is 6.09. The minimum absolute atomic E-state index is 0.242. The molecule has 0 aliphatic rings. The number of aryl methyl sites for hydroxylation is 1. The lowest BCUT2D eigenvalue weighted by Gasteiger charge is -2.17. The lowest BCUT2D eigenvalue weighted by molar-refractivity contribution is 0.405. The van der Waals surface area contributed by atoms with Crippen LogP contribution in [0.1, 0.15) is 76.3 Å². The summed E-state index contributed by atoms with van der Waals surface area (Å²) in [5.74, 6) is 1.66. The standard InChI is InChI=1S/C24H34O2/c1-3-5-6-7-8-9-13-17-22-20(14-4-2)18-19-23(25)24(22)26-21-15-11-10-12-16-21/h10-12,15-16,18-19,25H,3-9,13-14,17H2,1-2H3. The molecule has 1 N–H and O–H groups in total. The highest BCUT2D eigenvalue weighted by atomic mass is 16.5. The summed E-state index contributed by atoms with van der Waals surface area (Å²) in [6, 6.07) is 13.6. The van der Waals surface area contributed by atoms with Crippen molar-refractivity contribution in [3.8, 4) is 17.2 Å². The fourth-order valence-electron chi connectivity index (χ4n) is 3.41. The van der Waals surface area contributed by atoms with Crippen LogP contribution < -0.4 is 4.74 Å². The normalized spacial score (nSPS) is 10.8. The lowest BCUT2D eigenvalue weighted by Crippen LogP contribution is -1.99. The van der Waals surface area contributed by atoms with Crippen LogP contribution in [0.25, 0.3) is 0 Å². The van der Waals surface area contributed by atoms with E-state index in [1.54, 1.807) is 6.07 Å². The molecule has 2 aromatic carbocycles. The van der Waals surface area contributed by atoms with E-state index >= 15 is 0 Å². The highest BCUT2D eigenvalue weighted by Gasteiger charge is 2.15. The van der Waals surface area contributed by atoms with Gasteiger partial charge in [0.25, 0.3) is 0 Å². The van der Waals surface area contributed by atoms with Gasteiger partial charge >= 0.3 is 0 Å². The highest BCUT2D eigenvalue weighted by molar-refractivity contribution is 5.52. The van der Waals surface area contributed by atoms with Gasteiger partial charge in [-0.25, -0.2) is 0 Å². The third-order valence-electron chi connectivity index (χ3n) is 4.85. The summed E-state index contributed by atoms with van der Waals surface area (Å²) in [6.45, 7) is 4.45. The van der Waals surface area contributed by atoms with E-state index in [-0.39, 0.29) is 5.75 Å². The van der Waals surface area contributed by atoms with Crippen LogP contribution in [0.4, 0.5) is 0 Å². The topological polar surface area (TPSA) is 29.5 Å². The van der Waals surface area contributed by atoms with E-state index in [0.29, 0.717) is 5.75 Å². The number of para-hydroxylation sites is 1. The van der Waals surface area contributed by atoms with Gasteiger partial charge in [-0.15, -0.1) is 0 Å². The van der Waals surface area contributed by atoms with Crippen molar-refractivity contribution in [3.63, 3.8) is 0 Å². The molecule has 2 nitrogen and oxygen atoms in total. The predicted molar refractivity (Wildman–Crippen MR) is 110 cm³/mol. The number of hydrogen-bond donors (Lipinski definition) is 1.